The predicted octanol–water partition coefficient (Wildman–Crippen LogP) is 2.26. The summed E-state index contributed by atoms with van der Waals surface area (Å²) < 4.78 is 13.2. The molecule has 98 valence electrons. The Morgan fingerprint density at radius 3 is 2.89 bits per heavy atom. The van der Waals surface area contributed by atoms with Gasteiger partial charge in [-0.2, -0.15) is 0 Å². The van der Waals surface area contributed by atoms with Gasteiger partial charge in [-0.05, 0) is 31.9 Å². The summed E-state index contributed by atoms with van der Waals surface area (Å²) in [4.78, 5) is 4.39. The number of hydrogen-bond acceptors (Lipinski definition) is 3. The number of rotatable bonds is 4. The maximum Gasteiger partial charge on any atom is 0.201 e. The van der Waals surface area contributed by atoms with Crippen molar-refractivity contribution in [2.75, 3.05) is 17.7 Å². The predicted molar refractivity (Wildman–Crippen MR) is 77.1 cm³/mol. The van der Waals surface area contributed by atoms with E-state index < -0.39 is 10.8 Å². The van der Waals surface area contributed by atoms with Gasteiger partial charge in [-0.3, -0.25) is 4.21 Å². The second-order valence-electron chi connectivity index (χ2n) is 4.70. The van der Waals surface area contributed by atoms with Crippen LogP contribution >= 0.6 is 0 Å². The molecule has 4 nitrogen and oxygen atoms in total. The van der Waals surface area contributed by atoms with E-state index in [9.17, 15) is 4.21 Å². The van der Waals surface area contributed by atoms with Crippen LogP contribution in [0.2, 0.25) is 0 Å². The smallest absolute Gasteiger partial charge is 0.201 e. The maximum atomic E-state index is 11.2. The summed E-state index contributed by atoms with van der Waals surface area (Å²) in [7, 11) is -0.768. The summed E-state index contributed by atoms with van der Waals surface area (Å²) in [6, 6.07) is 6.23. The summed E-state index contributed by atoms with van der Waals surface area (Å²) in [5.41, 5.74) is 9.19. The standard InChI is InChI=1S/C13H19N3OS/c1-9-5-4-6-11-12(9)16(13(14)15-11)10(2)7-8-18(3)17/h4-6,10H,7-8H2,1-3H3,(H2,14,15). The average molecular weight is 265 g/mol. The quantitative estimate of drug-likeness (QED) is 0.922. The number of fused-ring (bicyclic) bond motifs is 1. The van der Waals surface area contributed by atoms with Gasteiger partial charge in [-0.15, -0.1) is 0 Å². The Morgan fingerprint density at radius 1 is 1.50 bits per heavy atom. The molecule has 1 heterocycles. The van der Waals surface area contributed by atoms with E-state index in [4.69, 9.17) is 5.73 Å². The molecule has 18 heavy (non-hydrogen) atoms. The summed E-state index contributed by atoms with van der Waals surface area (Å²) in [5, 5.41) is 0. The van der Waals surface area contributed by atoms with Crippen LogP contribution in [-0.2, 0) is 10.8 Å². The van der Waals surface area contributed by atoms with Gasteiger partial charge in [0.15, 0.2) is 0 Å². The summed E-state index contributed by atoms with van der Waals surface area (Å²) in [5.74, 6) is 1.22. The van der Waals surface area contributed by atoms with Gasteiger partial charge >= 0.3 is 0 Å². The van der Waals surface area contributed by atoms with E-state index in [0.717, 1.165) is 17.5 Å². The fourth-order valence-corrected chi connectivity index (χ4v) is 2.92. The van der Waals surface area contributed by atoms with Crippen LogP contribution in [0.4, 0.5) is 5.95 Å². The third-order valence-electron chi connectivity index (χ3n) is 3.20. The van der Waals surface area contributed by atoms with Gasteiger partial charge in [-0.1, -0.05) is 12.1 Å². The Kier molecular flexibility index (Phi) is 3.71. The molecule has 0 bridgehead atoms. The topological polar surface area (TPSA) is 60.9 Å². The van der Waals surface area contributed by atoms with Crippen LogP contribution in [0.25, 0.3) is 11.0 Å². The molecule has 0 radical (unpaired) electrons. The summed E-state index contributed by atoms with van der Waals surface area (Å²) in [6.07, 6.45) is 2.57. The number of imidazole rings is 1. The van der Waals surface area contributed by atoms with Crippen molar-refractivity contribution in [3.05, 3.63) is 23.8 Å². The Balaban J connectivity index is 2.43. The van der Waals surface area contributed by atoms with E-state index in [2.05, 4.69) is 29.5 Å². The van der Waals surface area contributed by atoms with Crippen LogP contribution < -0.4 is 5.73 Å². The first-order valence-electron chi connectivity index (χ1n) is 6.03. The molecule has 2 atom stereocenters. The van der Waals surface area contributed by atoms with Crippen molar-refractivity contribution in [3.8, 4) is 0 Å². The summed E-state index contributed by atoms with van der Waals surface area (Å²) >= 11 is 0. The van der Waals surface area contributed by atoms with Gasteiger partial charge in [-0.25, -0.2) is 4.98 Å². The molecule has 2 aromatic rings. The van der Waals surface area contributed by atoms with Crippen LogP contribution in [0, 0.1) is 6.92 Å². The molecule has 0 saturated carbocycles. The average Bonchev–Trinajstić information content (AvgIpc) is 2.63. The highest BCUT2D eigenvalue weighted by atomic mass is 32.2. The van der Waals surface area contributed by atoms with E-state index in [1.165, 1.54) is 5.56 Å². The summed E-state index contributed by atoms with van der Waals surface area (Å²) in [6.45, 7) is 4.15. The molecule has 1 aromatic carbocycles. The lowest BCUT2D eigenvalue weighted by Crippen LogP contribution is -2.12. The monoisotopic (exact) mass is 265 g/mol. The van der Waals surface area contributed by atoms with Gasteiger partial charge in [0.2, 0.25) is 5.95 Å². The molecule has 2 N–H and O–H groups in total. The fraction of sp³-hybridized carbons (Fsp3) is 0.462. The lowest BCUT2D eigenvalue weighted by molar-refractivity contribution is 0.551. The second-order valence-corrected chi connectivity index (χ2v) is 6.25. The van der Waals surface area contributed by atoms with Crippen molar-refractivity contribution in [1.29, 1.82) is 0 Å². The van der Waals surface area contributed by atoms with E-state index in [0.29, 0.717) is 11.7 Å². The molecule has 0 saturated heterocycles. The molecular weight excluding hydrogens is 246 g/mol. The Labute approximate surface area is 110 Å². The van der Waals surface area contributed by atoms with Gasteiger partial charge in [0.1, 0.15) is 0 Å². The molecule has 2 unspecified atom stereocenters. The number of aromatic nitrogens is 2. The molecule has 0 aliphatic carbocycles. The van der Waals surface area contributed by atoms with Gasteiger partial charge in [0.05, 0.1) is 11.0 Å². The highest BCUT2D eigenvalue weighted by Crippen LogP contribution is 2.26. The van der Waals surface area contributed by atoms with E-state index in [-0.39, 0.29) is 6.04 Å². The van der Waals surface area contributed by atoms with Crippen LogP contribution in [0.3, 0.4) is 0 Å². The maximum absolute atomic E-state index is 11.2. The first-order chi connectivity index (χ1) is 8.50. The lowest BCUT2D eigenvalue weighted by atomic mass is 10.2. The molecular formula is C13H19N3OS. The molecule has 5 heteroatoms. The van der Waals surface area contributed by atoms with E-state index in [1.807, 2.05) is 12.1 Å². The van der Waals surface area contributed by atoms with Crippen molar-refractivity contribution in [2.24, 2.45) is 0 Å². The van der Waals surface area contributed by atoms with Gasteiger partial charge < -0.3 is 10.3 Å². The number of anilines is 1. The van der Waals surface area contributed by atoms with Crippen LogP contribution in [0.1, 0.15) is 24.9 Å². The zero-order chi connectivity index (χ0) is 13.3. The van der Waals surface area contributed by atoms with Crippen molar-refractivity contribution in [3.63, 3.8) is 0 Å². The highest BCUT2D eigenvalue weighted by molar-refractivity contribution is 7.84. The number of aryl methyl sites for hydroxylation is 1. The molecule has 1 aromatic heterocycles. The van der Waals surface area contributed by atoms with Crippen molar-refractivity contribution < 1.29 is 4.21 Å². The van der Waals surface area contributed by atoms with Gasteiger partial charge in [0.25, 0.3) is 0 Å². The van der Waals surface area contributed by atoms with Crippen molar-refractivity contribution >= 4 is 27.8 Å². The number of hydrogen-bond donors (Lipinski definition) is 1. The molecule has 0 amide bonds. The minimum atomic E-state index is -0.768. The minimum absolute atomic E-state index is 0.208. The van der Waals surface area contributed by atoms with Gasteiger partial charge in [0, 0.05) is 28.9 Å². The zero-order valence-corrected chi connectivity index (χ0v) is 11.8. The molecule has 0 aliphatic rings. The third kappa shape index (κ3) is 2.41. The number of para-hydroxylation sites is 1. The number of benzene rings is 1. The number of nitrogen functional groups attached to an aromatic ring is 1. The first kappa shape index (κ1) is 13.1. The van der Waals surface area contributed by atoms with E-state index >= 15 is 0 Å². The van der Waals surface area contributed by atoms with Crippen LogP contribution in [0.15, 0.2) is 18.2 Å². The SMILES string of the molecule is Cc1cccc2nc(N)n(C(C)CCS(C)=O)c12. The molecule has 2 rings (SSSR count). The highest BCUT2D eigenvalue weighted by Gasteiger charge is 2.15. The minimum Gasteiger partial charge on any atom is -0.369 e. The Bertz CT molecular complexity index is 591. The number of nitrogens with two attached hydrogens (primary N) is 1. The fourth-order valence-electron chi connectivity index (χ4n) is 2.25. The van der Waals surface area contributed by atoms with Crippen molar-refractivity contribution in [1.82, 2.24) is 9.55 Å². The largest absolute Gasteiger partial charge is 0.369 e. The second kappa shape index (κ2) is 5.10. The number of nitrogens with zero attached hydrogens (tertiary/aromatic N) is 2. The van der Waals surface area contributed by atoms with E-state index in [1.54, 1.807) is 6.26 Å². The lowest BCUT2D eigenvalue weighted by Gasteiger charge is -2.16. The third-order valence-corrected chi connectivity index (χ3v) is 4.01. The van der Waals surface area contributed by atoms with Crippen LogP contribution in [0.5, 0.6) is 0 Å². The molecule has 0 fully saturated rings. The molecule has 0 spiro atoms. The Morgan fingerprint density at radius 2 is 2.22 bits per heavy atom. The van der Waals surface area contributed by atoms with Crippen molar-refractivity contribution in [2.45, 2.75) is 26.3 Å². The van der Waals surface area contributed by atoms with Crippen LogP contribution in [-0.4, -0.2) is 25.8 Å². The normalized spacial score (nSPS) is 14.8. The zero-order valence-electron chi connectivity index (χ0n) is 11.0. The molecule has 0 aliphatic heterocycles. The first-order valence-corrected chi connectivity index (χ1v) is 7.76. The Hall–Kier alpha value is -1.36.